The molecule has 0 aromatic carbocycles. The Balaban J connectivity index is 0.00000288. The number of hydrogen-bond donors (Lipinski definition) is 2. The highest BCUT2D eigenvalue weighted by atomic mass is 127. The molecule has 0 radical (unpaired) electrons. The van der Waals surface area contributed by atoms with Gasteiger partial charge in [-0.1, -0.05) is 6.42 Å². The molecule has 1 saturated heterocycles. The Morgan fingerprint density at radius 3 is 2.75 bits per heavy atom. The first-order valence-corrected chi connectivity index (χ1v) is 9.63. The number of halogens is 1. The fourth-order valence-electron chi connectivity index (χ4n) is 3.04. The quantitative estimate of drug-likeness (QED) is 0.232. The van der Waals surface area contributed by atoms with Crippen molar-refractivity contribution in [2.75, 3.05) is 45.9 Å². The highest BCUT2D eigenvalue weighted by Gasteiger charge is 2.20. The summed E-state index contributed by atoms with van der Waals surface area (Å²) in [7, 11) is 0. The van der Waals surface area contributed by atoms with Crippen LogP contribution in [0, 0.1) is 5.92 Å². The second-order valence-corrected chi connectivity index (χ2v) is 6.94. The van der Waals surface area contributed by atoms with Crippen LogP contribution in [0.15, 0.2) is 4.99 Å². The maximum Gasteiger partial charge on any atom is 0.191 e. The molecule has 1 aliphatic heterocycles. The average Bonchev–Trinajstić information content (AvgIpc) is 3.36. The lowest BCUT2D eigenvalue weighted by molar-refractivity contribution is 0.123. The highest BCUT2D eigenvalue weighted by Crippen LogP contribution is 2.28. The van der Waals surface area contributed by atoms with E-state index in [1.165, 1.54) is 38.6 Å². The van der Waals surface area contributed by atoms with E-state index >= 15 is 0 Å². The summed E-state index contributed by atoms with van der Waals surface area (Å²) in [6.07, 6.45) is 7.81. The minimum absolute atomic E-state index is 0. The number of nitrogens with zero attached hydrogens (tertiary/aromatic N) is 2. The summed E-state index contributed by atoms with van der Waals surface area (Å²) in [5, 5.41) is 6.79. The van der Waals surface area contributed by atoms with Gasteiger partial charge in [-0.2, -0.15) is 0 Å². The molecule has 2 rings (SSSR count). The molecule has 1 unspecified atom stereocenters. The number of ether oxygens (including phenoxy) is 1. The van der Waals surface area contributed by atoms with Gasteiger partial charge in [0.05, 0.1) is 0 Å². The van der Waals surface area contributed by atoms with Crippen LogP contribution in [-0.4, -0.2) is 62.8 Å². The molecule has 2 fully saturated rings. The third-order valence-corrected chi connectivity index (χ3v) is 4.74. The molecule has 0 bridgehead atoms. The van der Waals surface area contributed by atoms with Crippen molar-refractivity contribution in [3.63, 3.8) is 0 Å². The Labute approximate surface area is 165 Å². The van der Waals surface area contributed by atoms with Gasteiger partial charge in [0.15, 0.2) is 5.96 Å². The summed E-state index contributed by atoms with van der Waals surface area (Å²) in [4.78, 5) is 7.23. The van der Waals surface area contributed by atoms with Gasteiger partial charge in [-0.3, -0.25) is 9.89 Å². The molecule has 5 nitrogen and oxygen atoms in total. The van der Waals surface area contributed by atoms with E-state index < -0.39 is 0 Å². The summed E-state index contributed by atoms with van der Waals surface area (Å²) in [6.45, 7) is 11.3. The van der Waals surface area contributed by atoms with Gasteiger partial charge in [0.2, 0.25) is 0 Å². The minimum Gasteiger partial charge on any atom is -0.381 e. The zero-order chi connectivity index (χ0) is 16.3. The number of aliphatic imine (C=N–C) groups is 1. The second-order valence-electron chi connectivity index (χ2n) is 6.94. The first kappa shape index (κ1) is 22.0. The fraction of sp³-hybridized carbons (Fsp3) is 0.944. The van der Waals surface area contributed by atoms with Gasteiger partial charge >= 0.3 is 0 Å². The zero-order valence-electron chi connectivity index (χ0n) is 15.6. The molecule has 1 atom stereocenters. The van der Waals surface area contributed by atoms with Crippen molar-refractivity contribution in [3.8, 4) is 0 Å². The van der Waals surface area contributed by atoms with Gasteiger partial charge in [0, 0.05) is 45.4 Å². The number of hydrogen-bond acceptors (Lipinski definition) is 3. The Hall–Kier alpha value is -0.0800. The largest absolute Gasteiger partial charge is 0.381 e. The van der Waals surface area contributed by atoms with Gasteiger partial charge in [0.25, 0.3) is 0 Å². The molecular weight excluding hydrogens is 415 g/mol. The van der Waals surface area contributed by atoms with Crippen LogP contribution in [0.25, 0.3) is 0 Å². The van der Waals surface area contributed by atoms with Crippen LogP contribution in [0.5, 0.6) is 0 Å². The van der Waals surface area contributed by atoms with Crippen LogP contribution in [0.4, 0.5) is 0 Å². The monoisotopic (exact) mass is 452 g/mol. The van der Waals surface area contributed by atoms with E-state index in [0.29, 0.717) is 0 Å². The summed E-state index contributed by atoms with van der Waals surface area (Å²) in [5.74, 6) is 1.80. The third-order valence-electron chi connectivity index (χ3n) is 4.74. The number of piperidine rings is 1. The summed E-state index contributed by atoms with van der Waals surface area (Å²) in [5.41, 5.74) is 0. The molecule has 0 amide bonds. The molecule has 24 heavy (non-hydrogen) atoms. The van der Waals surface area contributed by atoms with Crippen molar-refractivity contribution in [1.29, 1.82) is 0 Å². The van der Waals surface area contributed by atoms with Gasteiger partial charge < -0.3 is 15.4 Å². The lowest BCUT2D eigenvalue weighted by Crippen LogP contribution is -2.45. The SMILES string of the molecule is CCNC(=NCCCOCC1CC1)NCCN1CCCCC1C.I. The lowest BCUT2D eigenvalue weighted by Gasteiger charge is -2.33. The van der Waals surface area contributed by atoms with E-state index in [-0.39, 0.29) is 24.0 Å². The molecule has 0 spiro atoms. The topological polar surface area (TPSA) is 48.9 Å². The predicted molar refractivity (Wildman–Crippen MR) is 112 cm³/mol. The second kappa shape index (κ2) is 13.2. The van der Waals surface area contributed by atoms with Crippen molar-refractivity contribution >= 4 is 29.9 Å². The maximum atomic E-state index is 5.65. The maximum absolute atomic E-state index is 5.65. The molecule has 1 aliphatic carbocycles. The molecule has 2 N–H and O–H groups in total. The number of rotatable bonds is 10. The lowest BCUT2D eigenvalue weighted by atomic mass is 10.0. The van der Waals surface area contributed by atoms with E-state index in [1.54, 1.807) is 0 Å². The van der Waals surface area contributed by atoms with Gasteiger partial charge in [-0.15, -0.1) is 24.0 Å². The predicted octanol–water partition coefficient (Wildman–Crippen LogP) is 2.85. The van der Waals surface area contributed by atoms with Gasteiger partial charge in [-0.05, 0) is 58.4 Å². The van der Waals surface area contributed by atoms with Crippen molar-refractivity contribution in [1.82, 2.24) is 15.5 Å². The summed E-state index contributed by atoms with van der Waals surface area (Å²) >= 11 is 0. The van der Waals surface area contributed by atoms with Crippen LogP contribution in [0.2, 0.25) is 0 Å². The first-order chi connectivity index (χ1) is 11.3. The molecule has 2 aliphatic rings. The Morgan fingerprint density at radius 2 is 2.04 bits per heavy atom. The Kier molecular flexibility index (Phi) is 12.0. The summed E-state index contributed by atoms with van der Waals surface area (Å²) in [6, 6.07) is 0.730. The first-order valence-electron chi connectivity index (χ1n) is 9.63. The van der Waals surface area contributed by atoms with Crippen LogP contribution in [-0.2, 0) is 4.74 Å². The minimum atomic E-state index is 0. The van der Waals surface area contributed by atoms with Crippen LogP contribution in [0.3, 0.4) is 0 Å². The fourth-order valence-corrected chi connectivity index (χ4v) is 3.04. The van der Waals surface area contributed by atoms with Crippen LogP contribution >= 0.6 is 24.0 Å². The summed E-state index contributed by atoms with van der Waals surface area (Å²) < 4.78 is 5.65. The van der Waals surface area contributed by atoms with E-state index in [1.807, 2.05) is 0 Å². The molecule has 6 heteroatoms. The van der Waals surface area contributed by atoms with Crippen molar-refractivity contribution in [3.05, 3.63) is 0 Å². The normalized spacial score (nSPS) is 22.1. The Morgan fingerprint density at radius 1 is 1.21 bits per heavy atom. The van der Waals surface area contributed by atoms with Crippen molar-refractivity contribution in [2.24, 2.45) is 10.9 Å². The average molecular weight is 452 g/mol. The van der Waals surface area contributed by atoms with Crippen molar-refractivity contribution in [2.45, 2.75) is 58.4 Å². The molecule has 1 heterocycles. The molecule has 142 valence electrons. The van der Waals surface area contributed by atoms with Crippen LogP contribution in [0.1, 0.15) is 52.4 Å². The van der Waals surface area contributed by atoms with Gasteiger partial charge in [-0.25, -0.2) is 0 Å². The van der Waals surface area contributed by atoms with E-state index in [2.05, 4.69) is 34.4 Å². The highest BCUT2D eigenvalue weighted by molar-refractivity contribution is 14.0. The third kappa shape index (κ3) is 9.42. The number of nitrogens with one attached hydrogen (secondary N) is 2. The zero-order valence-corrected chi connectivity index (χ0v) is 17.9. The van der Waals surface area contributed by atoms with Gasteiger partial charge in [0.1, 0.15) is 0 Å². The van der Waals surface area contributed by atoms with E-state index in [4.69, 9.17) is 4.74 Å². The van der Waals surface area contributed by atoms with Crippen LogP contribution < -0.4 is 10.6 Å². The number of likely N-dealkylation sites (tertiary alicyclic amines) is 1. The molecule has 0 aromatic heterocycles. The van der Waals surface area contributed by atoms with E-state index in [9.17, 15) is 0 Å². The van der Waals surface area contributed by atoms with E-state index in [0.717, 1.165) is 63.7 Å². The molecule has 0 aromatic rings. The number of guanidine groups is 1. The molecular formula is C18H37IN4O. The standard InChI is InChI=1S/C18H36N4O.HI/c1-3-19-18(20-10-6-14-23-15-17-8-9-17)21-11-13-22-12-5-4-7-16(22)2;/h16-17H,3-15H2,1-2H3,(H2,19,20,21);1H. The Bertz CT molecular complexity index is 350. The smallest absolute Gasteiger partial charge is 0.191 e. The molecule has 1 saturated carbocycles. The van der Waals surface area contributed by atoms with Crippen molar-refractivity contribution < 1.29 is 4.74 Å².